The van der Waals surface area contributed by atoms with Gasteiger partial charge in [0.25, 0.3) is 10.0 Å². The highest BCUT2D eigenvalue weighted by molar-refractivity contribution is 9.10. The number of hydrogen-bond acceptors (Lipinski definition) is 4. The van der Waals surface area contributed by atoms with Crippen LogP contribution in [0.5, 0.6) is 0 Å². The van der Waals surface area contributed by atoms with Crippen LogP contribution in [-0.2, 0) is 26.2 Å². The van der Waals surface area contributed by atoms with Crippen molar-refractivity contribution in [2.45, 2.75) is 50.7 Å². The Morgan fingerprint density at radius 1 is 0.974 bits per heavy atom. The standard InChI is InChI=1S/C28H31BrClN3O4S/c1-20(27(35)31-28(2,3)4)32(18-21-9-8-10-22(29)17-21)26(34)19-33(24-11-6-5-7-12-24)38(36,37)25-15-13-23(30)14-16-25/h5-17,20H,18-19H2,1-4H3,(H,31,35)/t20-/m0/s1. The number of amides is 2. The molecule has 0 fully saturated rings. The van der Waals surface area contributed by atoms with E-state index in [2.05, 4.69) is 21.2 Å². The number of sulfonamides is 1. The smallest absolute Gasteiger partial charge is 0.264 e. The Bertz CT molecular complexity index is 1380. The number of benzene rings is 3. The molecule has 202 valence electrons. The van der Waals surface area contributed by atoms with Crippen molar-refractivity contribution in [2.75, 3.05) is 10.8 Å². The molecule has 0 heterocycles. The average molecular weight is 621 g/mol. The third kappa shape index (κ3) is 7.82. The van der Waals surface area contributed by atoms with E-state index in [9.17, 15) is 18.0 Å². The van der Waals surface area contributed by atoms with Crippen molar-refractivity contribution in [3.05, 3.63) is 93.9 Å². The molecule has 1 N–H and O–H groups in total. The highest BCUT2D eigenvalue weighted by Crippen LogP contribution is 2.25. The lowest BCUT2D eigenvalue weighted by Crippen LogP contribution is -2.54. The van der Waals surface area contributed by atoms with Gasteiger partial charge in [-0.15, -0.1) is 0 Å². The Hall–Kier alpha value is -2.88. The Labute approximate surface area is 238 Å². The van der Waals surface area contributed by atoms with Crippen LogP contribution < -0.4 is 9.62 Å². The molecule has 7 nitrogen and oxygen atoms in total. The van der Waals surface area contributed by atoms with E-state index < -0.39 is 34.1 Å². The SMILES string of the molecule is C[C@@H](C(=O)NC(C)(C)C)N(Cc1cccc(Br)c1)C(=O)CN(c1ccccc1)S(=O)(=O)c1ccc(Cl)cc1. The van der Waals surface area contributed by atoms with E-state index in [1.165, 1.54) is 29.2 Å². The van der Waals surface area contributed by atoms with Gasteiger partial charge in [-0.25, -0.2) is 8.42 Å². The van der Waals surface area contributed by atoms with Crippen molar-refractivity contribution in [3.63, 3.8) is 0 Å². The zero-order valence-corrected chi connectivity index (χ0v) is 24.8. The van der Waals surface area contributed by atoms with Gasteiger partial charge in [-0.1, -0.05) is 57.9 Å². The van der Waals surface area contributed by atoms with Crippen molar-refractivity contribution in [3.8, 4) is 0 Å². The molecule has 0 aliphatic heterocycles. The molecule has 0 unspecified atom stereocenters. The number of halogens is 2. The first-order valence-corrected chi connectivity index (χ1v) is 14.6. The molecule has 0 radical (unpaired) electrons. The lowest BCUT2D eigenvalue weighted by Gasteiger charge is -2.33. The fourth-order valence-electron chi connectivity index (χ4n) is 3.75. The van der Waals surface area contributed by atoms with Crippen molar-refractivity contribution >= 4 is 55.1 Å². The predicted molar refractivity (Wildman–Crippen MR) is 154 cm³/mol. The Morgan fingerprint density at radius 3 is 2.18 bits per heavy atom. The van der Waals surface area contributed by atoms with Crippen molar-refractivity contribution in [1.82, 2.24) is 10.2 Å². The fourth-order valence-corrected chi connectivity index (χ4v) is 5.73. The first kappa shape index (κ1) is 29.7. The van der Waals surface area contributed by atoms with Crippen LogP contribution in [0.4, 0.5) is 5.69 Å². The van der Waals surface area contributed by atoms with E-state index in [-0.39, 0.29) is 17.3 Å². The maximum atomic E-state index is 13.9. The molecule has 0 aliphatic rings. The summed E-state index contributed by atoms with van der Waals surface area (Å²) in [5, 5.41) is 3.31. The quantitative estimate of drug-likeness (QED) is 0.336. The van der Waals surface area contributed by atoms with Crippen LogP contribution in [0.15, 0.2) is 88.2 Å². The van der Waals surface area contributed by atoms with Crippen LogP contribution in [-0.4, -0.2) is 43.3 Å². The second kappa shape index (κ2) is 12.3. The summed E-state index contributed by atoms with van der Waals surface area (Å²) in [5.74, 6) is -0.865. The molecule has 10 heteroatoms. The van der Waals surface area contributed by atoms with E-state index >= 15 is 0 Å². The van der Waals surface area contributed by atoms with Gasteiger partial charge in [0.05, 0.1) is 10.6 Å². The lowest BCUT2D eigenvalue weighted by atomic mass is 10.1. The number of nitrogens with zero attached hydrogens (tertiary/aromatic N) is 2. The highest BCUT2D eigenvalue weighted by Gasteiger charge is 2.33. The zero-order chi connectivity index (χ0) is 28.1. The molecule has 2 amide bonds. The van der Waals surface area contributed by atoms with Gasteiger partial charge in [-0.3, -0.25) is 13.9 Å². The van der Waals surface area contributed by atoms with E-state index in [4.69, 9.17) is 11.6 Å². The number of para-hydroxylation sites is 1. The number of carbonyl (C=O) groups is 2. The molecular weight excluding hydrogens is 590 g/mol. The first-order valence-electron chi connectivity index (χ1n) is 12.0. The molecule has 1 atom stereocenters. The normalized spacial score (nSPS) is 12.5. The lowest BCUT2D eigenvalue weighted by molar-refractivity contribution is -0.140. The van der Waals surface area contributed by atoms with Gasteiger partial charge in [0.1, 0.15) is 12.6 Å². The molecule has 38 heavy (non-hydrogen) atoms. The number of rotatable bonds is 9. The van der Waals surface area contributed by atoms with Crippen LogP contribution in [0.3, 0.4) is 0 Å². The molecule has 3 rings (SSSR count). The summed E-state index contributed by atoms with van der Waals surface area (Å²) in [7, 11) is -4.13. The molecule has 0 bridgehead atoms. The predicted octanol–water partition coefficient (Wildman–Crippen LogP) is 5.63. The second-order valence-corrected chi connectivity index (χ2v) is 13.1. The number of hydrogen-bond donors (Lipinski definition) is 1. The minimum Gasteiger partial charge on any atom is -0.350 e. The minimum atomic E-state index is -4.13. The van der Waals surface area contributed by atoms with E-state index in [0.717, 1.165) is 14.3 Å². The van der Waals surface area contributed by atoms with E-state index in [0.29, 0.717) is 10.7 Å². The fraction of sp³-hybridized carbons (Fsp3) is 0.286. The molecule has 0 saturated carbocycles. The van der Waals surface area contributed by atoms with Gasteiger partial charge in [-0.2, -0.15) is 0 Å². The summed E-state index contributed by atoms with van der Waals surface area (Å²) in [4.78, 5) is 28.4. The molecule has 3 aromatic carbocycles. The van der Waals surface area contributed by atoms with Gasteiger partial charge >= 0.3 is 0 Å². The average Bonchev–Trinajstić information content (AvgIpc) is 2.85. The summed E-state index contributed by atoms with van der Waals surface area (Å²) >= 11 is 9.42. The third-order valence-electron chi connectivity index (χ3n) is 5.63. The molecule has 0 aliphatic carbocycles. The molecule has 0 saturated heterocycles. The summed E-state index contributed by atoms with van der Waals surface area (Å²) < 4.78 is 29.3. The maximum absolute atomic E-state index is 13.9. The maximum Gasteiger partial charge on any atom is 0.264 e. The van der Waals surface area contributed by atoms with Crippen molar-refractivity contribution < 1.29 is 18.0 Å². The number of carbonyl (C=O) groups excluding carboxylic acids is 2. The highest BCUT2D eigenvalue weighted by atomic mass is 79.9. The van der Waals surface area contributed by atoms with Crippen LogP contribution in [0, 0.1) is 0 Å². The van der Waals surface area contributed by atoms with Crippen LogP contribution in [0.2, 0.25) is 5.02 Å². The largest absolute Gasteiger partial charge is 0.350 e. The molecular formula is C28H31BrClN3O4S. The summed E-state index contributed by atoms with van der Waals surface area (Å²) in [6, 6.07) is 20.7. The van der Waals surface area contributed by atoms with E-state index in [1.807, 2.05) is 45.0 Å². The van der Waals surface area contributed by atoms with E-state index in [1.54, 1.807) is 37.3 Å². The molecule has 0 spiro atoms. The van der Waals surface area contributed by atoms with Gasteiger partial charge in [-0.05, 0) is 81.8 Å². The zero-order valence-electron chi connectivity index (χ0n) is 21.7. The summed E-state index contributed by atoms with van der Waals surface area (Å²) in [6.45, 7) is 6.81. The number of anilines is 1. The first-order chi connectivity index (χ1) is 17.8. The number of nitrogens with one attached hydrogen (secondary N) is 1. The monoisotopic (exact) mass is 619 g/mol. The van der Waals surface area contributed by atoms with Gasteiger partial charge < -0.3 is 10.2 Å². The van der Waals surface area contributed by atoms with Crippen LogP contribution >= 0.6 is 27.5 Å². The van der Waals surface area contributed by atoms with Crippen molar-refractivity contribution in [2.24, 2.45) is 0 Å². The Balaban J connectivity index is 2.01. The molecule has 0 aromatic heterocycles. The van der Waals surface area contributed by atoms with Crippen LogP contribution in [0.25, 0.3) is 0 Å². The summed E-state index contributed by atoms with van der Waals surface area (Å²) in [5.41, 5.74) is 0.601. The Morgan fingerprint density at radius 2 is 1.61 bits per heavy atom. The van der Waals surface area contributed by atoms with Gasteiger partial charge in [0.2, 0.25) is 11.8 Å². The Kier molecular flexibility index (Phi) is 9.62. The summed E-state index contributed by atoms with van der Waals surface area (Å²) in [6.07, 6.45) is 0. The topological polar surface area (TPSA) is 86.8 Å². The van der Waals surface area contributed by atoms with Crippen molar-refractivity contribution in [1.29, 1.82) is 0 Å². The second-order valence-electron chi connectivity index (χ2n) is 9.87. The van der Waals surface area contributed by atoms with Gasteiger partial charge in [0.15, 0.2) is 0 Å². The van der Waals surface area contributed by atoms with Crippen LogP contribution in [0.1, 0.15) is 33.3 Å². The third-order valence-corrected chi connectivity index (χ3v) is 8.17. The minimum absolute atomic E-state index is 0.00406. The van der Waals surface area contributed by atoms with Gasteiger partial charge in [0, 0.05) is 21.6 Å². The molecule has 3 aromatic rings.